The summed E-state index contributed by atoms with van der Waals surface area (Å²) in [5.74, 6) is 0. The van der Waals surface area contributed by atoms with Crippen molar-refractivity contribution in [3.8, 4) is 33.5 Å². The standard InChI is InChI=1S/C38H22N2OS/c1-2-8-27-21-34-32(20-26(27)7-1)36-38(41-34)39-22-33(40-36)28-10-5-9-25(19-28)23-15-17-24(18-16-23)29-12-6-13-31-30-11-3-4-14-35(30)42-37(29)31/h1-22H. The molecule has 196 valence electrons. The van der Waals surface area contributed by atoms with Crippen LogP contribution in [0.15, 0.2) is 138 Å². The van der Waals surface area contributed by atoms with Gasteiger partial charge in [0, 0.05) is 31.1 Å². The highest BCUT2D eigenvalue weighted by atomic mass is 32.1. The number of fused-ring (bicyclic) bond motifs is 7. The summed E-state index contributed by atoms with van der Waals surface area (Å²) in [5.41, 5.74) is 8.82. The monoisotopic (exact) mass is 554 g/mol. The van der Waals surface area contributed by atoms with Crippen LogP contribution in [0.25, 0.3) is 86.7 Å². The lowest BCUT2D eigenvalue weighted by molar-refractivity contribution is 0.653. The van der Waals surface area contributed by atoms with Crippen molar-refractivity contribution in [3.63, 3.8) is 0 Å². The number of thiophene rings is 1. The summed E-state index contributed by atoms with van der Waals surface area (Å²) in [6.45, 7) is 0. The van der Waals surface area contributed by atoms with Crippen molar-refractivity contribution in [3.05, 3.63) is 134 Å². The maximum absolute atomic E-state index is 6.06. The molecule has 0 unspecified atom stereocenters. The minimum Gasteiger partial charge on any atom is -0.436 e. The zero-order valence-electron chi connectivity index (χ0n) is 22.4. The van der Waals surface area contributed by atoms with Crippen LogP contribution in [0.1, 0.15) is 0 Å². The van der Waals surface area contributed by atoms with E-state index in [0.717, 1.165) is 44.1 Å². The molecule has 0 aliphatic carbocycles. The molecule has 3 heterocycles. The number of nitrogens with zero attached hydrogens (tertiary/aromatic N) is 2. The van der Waals surface area contributed by atoms with Crippen molar-refractivity contribution >= 4 is 64.5 Å². The lowest BCUT2D eigenvalue weighted by Gasteiger charge is -2.08. The zero-order chi connectivity index (χ0) is 27.6. The molecule has 0 N–H and O–H groups in total. The van der Waals surface area contributed by atoms with Gasteiger partial charge in [-0.3, -0.25) is 0 Å². The molecule has 9 rings (SSSR count). The van der Waals surface area contributed by atoms with Crippen LogP contribution in [0.2, 0.25) is 0 Å². The Balaban J connectivity index is 1.09. The van der Waals surface area contributed by atoms with Gasteiger partial charge in [0.15, 0.2) is 0 Å². The SMILES string of the molecule is c1cc(-c2ccc(-c3cccc4c3sc3ccccc34)cc2)cc(-c2cnc3oc4cc5ccccc5cc4c3n2)c1. The number of benzene rings is 6. The Morgan fingerprint density at radius 1 is 0.548 bits per heavy atom. The van der Waals surface area contributed by atoms with Crippen LogP contribution >= 0.6 is 11.3 Å². The van der Waals surface area contributed by atoms with E-state index in [1.165, 1.54) is 36.9 Å². The molecule has 0 saturated heterocycles. The maximum Gasteiger partial charge on any atom is 0.246 e. The molecule has 0 aliphatic heterocycles. The Morgan fingerprint density at radius 2 is 1.29 bits per heavy atom. The first-order valence-electron chi connectivity index (χ1n) is 14.0. The van der Waals surface area contributed by atoms with Crippen molar-refractivity contribution in [1.29, 1.82) is 0 Å². The molecular weight excluding hydrogens is 532 g/mol. The third-order valence-electron chi connectivity index (χ3n) is 8.14. The van der Waals surface area contributed by atoms with Crippen LogP contribution in [0.3, 0.4) is 0 Å². The molecule has 9 aromatic rings. The van der Waals surface area contributed by atoms with Crippen LogP contribution < -0.4 is 0 Å². The predicted molar refractivity (Wildman–Crippen MR) is 176 cm³/mol. The lowest BCUT2D eigenvalue weighted by Crippen LogP contribution is -1.88. The predicted octanol–water partition coefficient (Wildman–Crippen LogP) is 10.9. The van der Waals surface area contributed by atoms with Gasteiger partial charge in [-0.1, -0.05) is 103 Å². The minimum absolute atomic E-state index is 0.560. The maximum atomic E-state index is 6.06. The van der Waals surface area contributed by atoms with Gasteiger partial charge in [0.25, 0.3) is 0 Å². The zero-order valence-corrected chi connectivity index (χ0v) is 23.2. The topological polar surface area (TPSA) is 38.9 Å². The quantitative estimate of drug-likeness (QED) is 0.218. The number of aromatic nitrogens is 2. The molecule has 0 atom stereocenters. The fourth-order valence-corrected chi connectivity index (χ4v) is 7.27. The molecule has 4 heteroatoms. The van der Waals surface area contributed by atoms with E-state index in [4.69, 9.17) is 9.40 Å². The van der Waals surface area contributed by atoms with E-state index in [0.29, 0.717) is 5.71 Å². The van der Waals surface area contributed by atoms with Crippen molar-refractivity contribution in [1.82, 2.24) is 9.97 Å². The minimum atomic E-state index is 0.560. The first-order chi connectivity index (χ1) is 20.8. The highest BCUT2D eigenvalue weighted by molar-refractivity contribution is 7.26. The highest BCUT2D eigenvalue weighted by Gasteiger charge is 2.14. The van der Waals surface area contributed by atoms with E-state index in [9.17, 15) is 0 Å². The molecule has 3 nitrogen and oxygen atoms in total. The van der Waals surface area contributed by atoms with Crippen molar-refractivity contribution < 1.29 is 4.42 Å². The molecule has 0 saturated carbocycles. The summed E-state index contributed by atoms with van der Waals surface area (Å²) >= 11 is 1.87. The van der Waals surface area contributed by atoms with E-state index in [1.807, 2.05) is 17.4 Å². The van der Waals surface area contributed by atoms with Gasteiger partial charge in [-0.15, -0.1) is 11.3 Å². The second-order valence-electron chi connectivity index (χ2n) is 10.6. The molecule has 42 heavy (non-hydrogen) atoms. The molecule has 0 amide bonds. The Kier molecular flexibility index (Phi) is 5.07. The van der Waals surface area contributed by atoms with E-state index >= 15 is 0 Å². The smallest absolute Gasteiger partial charge is 0.246 e. The second kappa shape index (κ2) is 9.10. The number of hydrogen-bond donors (Lipinski definition) is 0. The molecule has 0 aliphatic rings. The molecule has 6 aromatic carbocycles. The van der Waals surface area contributed by atoms with Crippen LogP contribution in [0, 0.1) is 0 Å². The van der Waals surface area contributed by atoms with Crippen LogP contribution in [-0.2, 0) is 0 Å². The molecule has 0 bridgehead atoms. The summed E-state index contributed by atoms with van der Waals surface area (Å²) in [5, 5.41) is 5.93. The van der Waals surface area contributed by atoms with E-state index in [-0.39, 0.29) is 0 Å². The average Bonchev–Trinajstić information content (AvgIpc) is 3.61. The molecule has 0 fully saturated rings. The Labute approximate surface area is 245 Å². The third-order valence-corrected chi connectivity index (χ3v) is 9.36. The van der Waals surface area contributed by atoms with Crippen LogP contribution in [-0.4, -0.2) is 9.97 Å². The molecular formula is C38H22N2OS. The van der Waals surface area contributed by atoms with Gasteiger partial charge >= 0.3 is 0 Å². The van der Waals surface area contributed by atoms with E-state index < -0.39 is 0 Å². The first-order valence-corrected chi connectivity index (χ1v) is 14.8. The van der Waals surface area contributed by atoms with Gasteiger partial charge < -0.3 is 4.42 Å². The van der Waals surface area contributed by atoms with Gasteiger partial charge in [0.05, 0.1) is 11.9 Å². The van der Waals surface area contributed by atoms with Gasteiger partial charge in [-0.2, -0.15) is 0 Å². The van der Waals surface area contributed by atoms with Crippen molar-refractivity contribution in [2.24, 2.45) is 0 Å². The molecule has 3 aromatic heterocycles. The van der Waals surface area contributed by atoms with Crippen LogP contribution in [0.5, 0.6) is 0 Å². The van der Waals surface area contributed by atoms with Gasteiger partial charge in [0.2, 0.25) is 5.71 Å². The fourth-order valence-electron chi connectivity index (χ4n) is 6.04. The first kappa shape index (κ1) is 23.4. The molecule has 0 spiro atoms. The normalized spacial score (nSPS) is 11.8. The van der Waals surface area contributed by atoms with Gasteiger partial charge in [-0.05, 0) is 57.3 Å². The Hall–Kier alpha value is -5.32. The Bertz CT molecular complexity index is 2470. The number of hydrogen-bond acceptors (Lipinski definition) is 4. The van der Waals surface area contributed by atoms with Gasteiger partial charge in [0.1, 0.15) is 11.1 Å². The number of furan rings is 1. The second-order valence-corrected chi connectivity index (χ2v) is 11.7. The largest absolute Gasteiger partial charge is 0.436 e. The Morgan fingerprint density at radius 3 is 2.19 bits per heavy atom. The summed E-state index contributed by atoms with van der Waals surface area (Å²) in [7, 11) is 0. The summed E-state index contributed by atoms with van der Waals surface area (Å²) in [4.78, 5) is 9.67. The highest BCUT2D eigenvalue weighted by Crippen LogP contribution is 2.40. The number of rotatable bonds is 3. The third kappa shape index (κ3) is 3.66. The lowest BCUT2D eigenvalue weighted by atomic mass is 9.98. The van der Waals surface area contributed by atoms with Crippen molar-refractivity contribution in [2.75, 3.05) is 0 Å². The van der Waals surface area contributed by atoms with Crippen molar-refractivity contribution in [2.45, 2.75) is 0 Å². The van der Waals surface area contributed by atoms with Crippen LogP contribution in [0.4, 0.5) is 0 Å². The van der Waals surface area contributed by atoms with E-state index in [2.05, 4.69) is 126 Å². The average molecular weight is 555 g/mol. The summed E-state index contributed by atoms with van der Waals surface area (Å²) in [6.07, 6.45) is 1.80. The molecule has 0 radical (unpaired) electrons. The summed E-state index contributed by atoms with van der Waals surface area (Å²) < 4.78 is 8.72. The summed E-state index contributed by atoms with van der Waals surface area (Å²) in [6, 6.07) is 45.2. The van der Waals surface area contributed by atoms with Gasteiger partial charge in [-0.25, -0.2) is 9.97 Å². The van der Waals surface area contributed by atoms with E-state index in [1.54, 1.807) is 6.20 Å². The fraction of sp³-hybridized carbons (Fsp3) is 0.